The molecule has 2 aromatic carbocycles. The largest absolute Gasteiger partial charge is 0.494 e. The summed E-state index contributed by atoms with van der Waals surface area (Å²) in [6.45, 7) is 0. The highest BCUT2D eigenvalue weighted by molar-refractivity contribution is 6.04. The van der Waals surface area contributed by atoms with Gasteiger partial charge in [-0.25, -0.2) is 8.78 Å². The summed E-state index contributed by atoms with van der Waals surface area (Å²) in [6.07, 6.45) is 0. The van der Waals surface area contributed by atoms with E-state index < -0.39 is 23.1 Å². The number of nitrogens with zero attached hydrogens (tertiary/aromatic N) is 2. The van der Waals surface area contributed by atoms with Crippen LogP contribution in [0.1, 0.15) is 10.5 Å². The third-order valence-corrected chi connectivity index (χ3v) is 3.51. The van der Waals surface area contributed by atoms with Crippen LogP contribution in [-0.2, 0) is 0 Å². The van der Waals surface area contributed by atoms with Crippen LogP contribution >= 0.6 is 0 Å². The lowest BCUT2D eigenvalue weighted by molar-refractivity contribution is 0.101. The molecule has 0 unspecified atom stereocenters. The maximum absolute atomic E-state index is 13.8. The molecule has 1 amide bonds. The molecule has 8 heteroatoms. The van der Waals surface area contributed by atoms with Crippen molar-refractivity contribution >= 4 is 11.6 Å². The number of amides is 1. The number of rotatable bonds is 4. The molecule has 0 fully saturated rings. The van der Waals surface area contributed by atoms with Gasteiger partial charge in [-0.2, -0.15) is 9.78 Å². The van der Waals surface area contributed by atoms with Gasteiger partial charge in [0, 0.05) is 6.07 Å². The van der Waals surface area contributed by atoms with E-state index in [0.29, 0.717) is 11.8 Å². The van der Waals surface area contributed by atoms with Gasteiger partial charge in [0.25, 0.3) is 11.5 Å². The third-order valence-electron chi connectivity index (χ3n) is 3.51. The lowest BCUT2D eigenvalue weighted by Gasteiger charge is -2.11. The first-order chi connectivity index (χ1) is 12.5. The van der Waals surface area contributed by atoms with Gasteiger partial charge in [-0.05, 0) is 24.3 Å². The molecule has 0 atom stereocenters. The number of carbonyl (C=O) groups excluding carboxylic acids is 1. The number of nitrogens with one attached hydrogen (secondary N) is 1. The fraction of sp³-hybridized carbons (Fsp3) is 0.0556. The van der Waals surface area contributed by atoms with Gasteiger partial charge in [-0.3, -0.25) is 9.59 Å². The van der Waals surface area contributed by atoms with Crippen LogP contribution in [0.2, 0.25) is 0 Å². The van der Waals surface area contributed by atoms with Crippen molar-refractivity contribution in [1.29, 1.82) is 0 Å². The lowest BCUT2D eigenvalue weighted by atomic mass is 10.2. The summed E-state index contributed by atoms with van der Waals surface area (Å²) in [5, 5.41) is 6.32. The number of ether oxygens (including phenoxy) is 1. The second-order valence-electron chi connectivity index (χ2n) is 5.23. The molecule has 6 nitrogen and oxygen atoms in total. The molecule has 1 heterocycles. The molecule has 0 aliphatic rings. The number of benzene rings is 2. The number of halogens is 2. The van der Waals surface area contributed by atoms with E-state index >= 15 is 0 Å². The molecule has 132 valence electrons. The number of anilines is 1. The van der Waals surface area contributed by atoms with Crippen LogP contribution in [0.3, 0.4) is 0 Å². The average Bonchev–Trinajstić information content (AvgIpc) is 2.64. The lowest BCUT2D eigenvalue weighted by Crippen LogP contribution is -2.26. The Hall–Kier alpha value is -3.55. The Bertz CT molecular complexity index is 1020. The number of hydrogen-bond acceptors (Lipinski definition) is 4. The number of aromatic nitrogens is 2. The Morgan fingerprint density at radius 2 is 1.85 bits per heavy atom. The van der Waals surface area contributed by atoms with E-state index in [-0.39, 0.29) is 17.1 Å². The first kappa shape index (κ1) is 17.3. The van der Waals surface area contributed by atoms with Crippen LogP contribution in [-0.4, -0.2) is 22.8 Å². The Morgan fingerprint density at radius 1 is 1.12 bits per heavy atom. The quantitative estimate of drug-likeness (QED) is 0.779. The smallest absolute Gasteiger partial charge is 0.280 e. The molecule has 0 radical (unpaired) electrons. The van der Waals surface area contributed by atoms with E-state index in [9.17, 15) is 18.4 Å². The average molecular weight is 357 g/mol. The summed E-state index contributed by atoms with van der Waals surface area (Å²) in [5.74, 6) is -2.58. The monoisotopic (exact) mass is 357 g/mol. The zero-order chi connectivity index (χ0) is 18.7. The van der Waals surface area contributed by atoms with Crippen LogP contribution in [0.4, 0.5) is 14.5 Å². The highest BCUT2D eigenvalue weighted by atomic mass is 19.1. The van der Waals surface area contributed by atoms with E-state index in [0.717, 1.165) is 22.9 Å². The van der Waals surface area contributed by atoms with Crippen LogP contribution in [0, 0.1) is 11.6 Å². The van der Waals surface area contributed by atoms with Crippen molar-refractivity contribution in [3.63, 3.8) is 0 Å². The zero-order valence-electron chi connectivity index (χ0n) is 13.6. The Labute approximate surface area is 146 Å². The van der Waals surface area contributed by atoms with Crippen molar-refractivity contribution in [3.05, 3.63) is 82.3 Å². The molecule has 0 aliphatic carbocycles. The fourth-order valence-electron chi connectivity index (χ4n) is 2.28. The summed E-state index contributed by atoms with van der Waals surface area (Å²) in [4.78, 5) is 24.7. The molecule has 1 N–H and O–H groups in total. The van der Waals surface area contributed by atoms with Crippen LogP contribution in [0.25, 0.3) is 5.69 Å². The van der Waals surface area contributed by atoms with Gasteiger partial charge < -0.3 is 10.1 Å². The maximum Gasteiger partial charge on any atom is 0.280 e. The minimum absolute atomic E-state index is 0.0674. The van der Waals surface area contributed by atoms with Crippen molar-refractivity contribution in [1.82, 2.24) is 9.78 Å². The molecule has 3 aromatic rings. The van der Waals surface area contributed by atoms with E-state index in [4.69, 9.17) is 4.74 Å². The number of hydrogen-bond donors (Lipinski definition) is 1. The predicted octanol–water partition coefficient (Wildman–Crippen LogP) is 2.77. The summed E-state index contributed by atoms with van der Waals surface area (Å²) in [6, 6.07) is 12.3. The van der Waals surface area contributed by atoms with Gasteiger partial charge in [0.05, 0.1) is 24.6 Å². The van der Waals surface area contributed by atoms with Crippen molar-refractivity contribution in [3.8, 4) is 11.4 Å². The normalized spacial score (nSPS) is 10.4. The second-order valence-corrected chi connectivity index (χ2v) is 5.23. The van der Waals surface area contributed by atoms with Gasteiger partial charge in [-0.1, -0.05) is 18.2 Å². The molecule has 0 aliphatic heterocycles. The molecular weight excluding hydrogens is 344 g/mol. The molecule has 26 heavy (non-hydrogen) atoms. The zero-order valence-corrected chi connectivity index (χ0v) is 13.6. The highest BCUT2D eigenvalue weighted by Gasteiger charge is 2.19. The topological polar surface area (TPSA) is 73.2 Å². The fourth-order valence-corrected chi connectivity index (χ4v) is 2.28. The van der Waals surface area contributed by atoms with Crippen molar-refractivity contribution < 1.29 is 18.3 Å². The SMILES string of the molecule is COc1cc(=O)n(-c2ccccc2)nc1C(=O)Nc1ccc(F)cc1F. The van der Waals surface area contributed by atoms with E-state index in [1.54, 1.807) is 30.3 Å². The standard InChI is InChI=1S/C18H13F2N3O3/c1-26-15-10-16(24)23(12-5-3-2-4-6-12)22-17(15)18(25)21-14-8-7-11(19)9-13(14)20/h2-10H,1H3,(H,21,25). The minimum Gasteiger partial charge on any atom is -0.494 e. The van der Waals surface area contributed by atoms with Crippen LogP contribution in [0.5, 0.6) is 5.75 Å². The van der Waals surface area contributed by atoms with Gasteiger partial charge in [0.15, 0.2) is 11.4 Å². The van der Waals surface area contributed by atoms with Gasteiger partial charge >= 0.3 is 0 Å². The van der Waals surface area contributed by atoms with Crippen molar-refractivity contribution in [2.45, 2.75) is 0 Å². The highest BCUT2D eigenvalue weighted by Crippen LogP contribution is 2.19. The molecule has 1 aromatic heterocycles. The summed E-state index contributed by atoms with van der Waals surface area (Å²) >= 11 is 0. The summed E-state index contributed by atoms with van der Waals surface area (Å²) in [5.41, 5.74) is -0.503. The Kier molecular flexibility index (Phi) is 4.74. The molecule has 0 spiro atoms. The minimum atomic E-state index is -0.936. The molecule has 0 saturated heterocycles. The number of methoxy groups -OCH3 is 1. The first-order valence-corrected chi connectivity index (χ1v) is 7.50. The van der Waals surface area contributed by atoms with Crippen LogP contribution in [0.15, 0.2) is 59.4 Å². The Balaban J connectivity index is 2.02. The Morgan fingerprint density at radius 3 is 2.50 bits per heavy atom. The molecule has 0 bridgehead atoms. The van der Waals surface area contributed by atoms with Gasteiger partial charge in [0.1, 0.15) is 11.6 Å². The van der Waals surface area contributed by atoms with E-state index in [1.165, 1.54) is 7.11 Å². The first-order valence-electron chi connectivity index (χ1n) is 7.50. The second kappa shape index (κ2) is 7.14. The van der Waals surface area contributed by atoms with Crippen molar-refractivity contribution in [2.75, 3.05) is 12.4 Å². The van der Waals surface area contributed by atoms with Gasteiger partial charge in [-0.15, -0.1) is 0 Å². The third kappa shape index (κ3) is 3.44. The van der Waals surface area contributed by atoms with Crippen LogP contribution < -0.4 is 15.6 Å². The van der Waals surface area contributed by atoms with Crippen molar-refractivity contribution in [2.24, 2.45) is 0 Å². The summed E-state index contributed by atoms with van der Waals surface area (Å²) < 4.78 is 32.8. The number of carbonyl (C=O) groups is 1. The van der Waals surface area contributed by atoms with Gasteiger partial charge in [0.2, 0.25) is 0 Å². The molecular formula is C18H13F2N3O3. The predicted molar refractivity (Wildman–Crippen MR) is 90.7 cm³/mol. The van der Waals surface area contributed by atoms with E-state index in [1.807, 2.05) is 0 Å². The van der Waals surface area contributed by atoms with E-state index in [2.05, 4.69) is 10.4 Å². The molecule has 3 rings (SSSR count). The summed E-state index contributed by atoms with van der Waals surface area (Å²) in [7, 11) is 1.28. The number of para-hydroxylation sites is 1. The maximum atomic E-state index is 13.8. The molecule has 0 saturated carbocycles.